The Labute approximate surface area is 150 Å². The molecule has 2 N–H and O–H groups in total. The van der Waals surface area contributed by atoms with Crippen molar-refractivity contribution < 1.29 is 9.18 Å². The number of carbonyl (C=O) groups excluding carboxylic acids is 1. The van der Waals surface area contributed by atoms with E-state index in [1.54, 1.807) is 6.07 Å². The Kier molecular flexibility index (Phi) is 10.4. The molecule has 1 aliphatic rings. The third-order valence-corrected chi connectivity index (χ3v) is 3.68. The normalized spacial score (nSPS) is 16.6. The lowest BCUT2D eigenvalue weighted by atomic mass is 10.1. The van der Waals surface area contributed by atoms with Gasteiger partial charge in [-0.25, -0.2) is 4.39 Å². The lowest BCUT2D eigenvalue weighted by molar-refractivity contribution is -0.121. The SMILES string of the molecule is CN(C)Cc1cc(CNC(=O)CC2CCCN2)ccc1F.Cl.Cl. The van der Waals surface area contributed by atoms with Gasteiger partial charge in [0.15, 0.2) is 0 Å². The molecule has 0 bridgehead atoms. The summed E-state index contributed by atoms with van der Waals surface area (Å²) in [6.45, 7) is 2.01. The highest BCUT2D eigenvalue weighted by molar-refractivity contribution is 5.85. The maximum Gasteiger partial charge on any atom is 0.221 e. The summed E-state index contributed by atoms with van der Waals surface area (Å²) >= 11 is 0. The smallest absolute Gasteiger partial charge is 0.221 e. The summed E-state index contributed by atoms with van der Waals surface area (Å²) in [6.07, 6.45) is 2.73. The van der Waals surface area contributed by atoms with Crippen molar-refractivity contribution in [3.63, 3.8) is 0 Å². The molecule has 0 saturated carbocycles. The number of nitrogens with zero attached hydrogens (tertiary/aromatic N) is 1. The van der Waals surface area contributed by atoms with E-state index in [-0.39, 0.29) is 36.5 Å². The van der Waals surface area contributed by atoms with Gasteiger partial charge >= 0.3 is 0 Å². The fraction of sp³-hybridized carbons (Fsp3) is 0.562. The largest absolute Gasteiger partial charge is 0.352 e. The van der Waals surface area contributed by atoms with E-state index in [2.05, 4.69) is 10.6 Å². The molecule has 1 atom stereocenters. The molecule has 1 saturated heterocycles. The van der Waals surface area contributed by atoms with E-state index in [4.69, 9.17) is 0 Å². The average Bonchev–Trinajstić information content (AvgIpc) is 2.92. The topological polar surface area (TPSA) is 44.4 Å². The van der Waals surface area contributed by atoms with Gasteiger partial charge in [-0.05, 0) is 51.2 Å². The quantitative estimate of drug-likeness (QED) is 0.813. The van der Waals surface area contributed by atoms with Gasteiger partial charge in [-0.15, -0.1) is 24.8 Å². The summed E-state index contributed by atoms with van der Waals surface area (Å²) < 4.78 is 13.7. The second kappa shape index (κ2) is 10.8. The standard InChI is InChI=1S/C16H24FN3O.2ClH/c1-20(2)11-13-8-12(5-6-15(13)17)10-19-16(21)9-14-4-3-7-18-14;;/h5-6,8,14,18H,3-4,7,9-11H2,1-2H3,(H,19,21);2*1H. The first-order valence-electron chi connectivity index (χ1n) is 7.46. The average molecular weight is 366 g/mol. The molecule has 1 unspecified atom stereocenters. The van der Waals surface area contributed by atoms with Gasteiger partial charge in [0.1, 0.15) is 5.82 Å². The van der Waals surface area contributed by atoms with Crippen LogP contribution in [-0.4, -0.2) is 37.5 Å². The lowest BCUT2D eigenvalue weighted by Crippen LogP contribution is -2.31. The second-order valence-corrected chi connectivity index (χ2v) is 5.94. The van der Waals surface area contributed by atoms with Crippen LogP contribution in [-0.2, 0) is 17.9 Å². The Balaban J connectivity index is 0.00000242. The molecule has 23 heavy (non-hydrogen) atoms. The highest BCUT2D eigenvalue weighted by Crippen LogP contribution is 2.13. The fourth-order valence-electron chi connectivity index (χ4n) is 2.63. The van der Waals surface area contributed by atoms with Gasteiger partial charge in [-0.3, -0.25) is 4.79 Å². The summed E-state index contributed by atoms with van der Waals surface area (Å²) in [5.74, 6) is -0.151. The van der Waals surface area contributed by atoms with Crippen LogP contribution in [0.5, 0.6) is 0 Å². The van der Waals surface area contributed by atoms with E-state index < -0.39 is 0 Å². The van der Waals surface area contributed by atoms with Crippen LogP contribution >= 0.6 is 24.8 Å². The van der Waals surface area contributed by atoms with Gasteiger partial charge < -0.3 is 15.5 Å². The summed E-state index contributed by atoms with van der Waals surface area (Å²) in [5, 5.41) is 6.22. The zero-order valence-corrected chi connectivity index (χ0v) is 15.2. The number of rotatable bonds is 6. The molecule has 1 fully saturated rings. The van der Waals surface area contributed by atoms with Crippen molar-refractivity contribution >= 4 is 30.7 Å². The first-order valence-corrected chi connectivity index (χ1v) is 7.46. The van der Waals surface area contributed by atoms with Crippen molar-refractivity contribution in [2.45, 2.75) is 38.4 Å². The molecule has 0 aromatic heterocycles. The molecule has 1 aromatic rings. The van der Waals surface area contributed by atoms with Gasteiger partial charge in [0.05, 0.1) is 0 Å². The van der Waals surface area contributed by atoms with E-state index in [0.29, 0.717) is 31.1 Å². The molecule has 0 spiro atoms. The zero-order chi connectivity index (χ0) is 15.2. The molecule has 1 aromatic carbocycles. The van der Waals surface area contributed by atoms with Crippen LogP contribution in [0, 0.1) is 5.82 Å². The molecule has 1 amide bonds. The maximum absolute atomic E-state index is 13.7. The predicted molar refractivity (Wildman–Crippen MR) is 95.8 cm³/mol. The Morgan fingerprint density at radius 1 is 1.39 bits per heavy atom. The Morgan fingerprint density at radius 2 is 2.13 bits per heavy atom. The van der Waals surface area contributed by atoms with E-state index in [1.165, 1.54) is 6.07 Å². The molecular weight excluding hydrogens is 340 g/mol. The van der Waals surface area contributed by atoms with Crippen molar-refractivity contribution in [2.24, 2.45) is 0 Å². The third-order valence-electron chi connectivity index (χ3n) is 3.68. The summed E-state index contributed by atoms with van der Waals surface area (Å²) in [6, 6.07) is 5.33. The number of hydrogen-bond acceptors (Lipinski definition) is 3. The van der Waals surface area contributed by atoms with Gasteiger partial charge in [-0.2, -0.15) is 0 Å². The minimum atomic E-state index is -0.200. The number of carbonyl (C=O) groups is 1. The number of nitrogens with one attached hydrogen (secondary N) is 2. The molecule has 1 heterocycles. The van der Waals surface area contributed by atoms with Crippen molar-refractivity contribution in [2.75, 3.05) is 20.6 Å². The van der Waals surface area contributed by atoms with Crippen LogP contribution in [0.25, 0.3) is 0 Å². The van der Waals surface area contributed by atoms with Gasteiger partial charge in [0.2, 0.25) is 5.91 Å². The van der Waals surface area contributed by atoms with Gasteiger partial charge in [-0.1, -0.05) is 6.07 Å². The zero-order valence-electron chi connectivity index (χ0n) is 13.6. The van der Waals surface area contributed by atoms with Gasteiger partial charge in [0.25, 0.3) is 0 Å². The van der Waals surface area contributed by atoms with Crippen molar-refractivity contribution in [3.8, 4) is 0 Å². The van der Waals surface area contributed by atoms with Crippen LogP contribution in [0.2, 0.25) is 0 Å². The van der Waals surface area contributed by atoms with Crippen molar-refractivity contribution in [1.29, 1.82) is 0 Å². The van der Waals surface area contributed by atoms with Gasteiger partial charge in [0, 0.05) is 31.1 Å². The van der Waals surface area contributed by atoms with Crippen LogP contribution in [0.3, 0.4) is 0 Å². The van der Waals surface area contributed by atoms with Crippen LogP contribution in [0.1, 0.15) is 30.4 Å². The highest BCUT2D eigenvalue weighted by Gasteiger charge is 2.17. The van der Waals surface area contributed by atoms with E-state index in [0.717, 1.165) is 24.9 Å². The first-order chi connectivity index (χ1) is 10.0. The molecule has 0 radical (unpaired) electrons. The van der Waals surface area contributed by atoms with E-state index >= 15 is 0 Å². The predicted octanol–water partition coefficient (Wildman–Crippen LogP) is 2.49. The van der Waals surface area contributed by atoms with E-state index in [9.17, 15) is 9.18 Å². The minimum Gasteiger partial charge on any atom is -0.352 e. The van der Waals surface area contributed by atoms with Crippen LogP contribution in [0.15, 0.2) is 18.2 Å². The Bertz CT molecular complexity index is 494. The summed E-state index contributed by atoms with van der Waals surface area (Å²) in [7, 11) is 3.81. The molecule has 7 heteroatoms. The highest BCUT2D eigenvalue weighted by atomic mass is 35.5. The summed E-state index contributed by atoms with van der Waals surface area (Å²) in [4.78, 5) is 13.8. The van der Waals surface area contributed by atoms with Crippen molar-refractivity contribution in [1.82, 2.24) is 15.5 Å². The molecule has 4 nitrogen and oxygen atoms in total. The van der Waals surface area contributed by atoms with E-state index in [1.807, 2.05) is 25.1 Å². The minimum absolute atomic E-state index is 0. The molecular formula is C16H26Cl2FN3O. The number of halogens is 3. The lowest BCUT2D eigenvalue weighted by Gasteiger charge is -2.13. The first kappa shape index (κ1) is 22.1. The molecule has 132 valence electrons. The van der Waals surface area contributed by atoms with Crippen LogP contribution in [0.4, 0.5) is 4.39 Å². The fourth-order valence-corrected chi connectivity index (χ4v) is 2.63. The molecule has 1 aliphatic heterocycles. The molecule has 2 rings (SSSR count). The maximum atomic E-state index is 13.7. The second-order valence-electron chi connectivity index (χ2n) is 5.94. The Morgan fingerprint density at radius 3 is 2.74 bits per heavy atom. The number of hydrogen-bond donors (Lipinski definition) is 2. The molecule has 0 aliphatic carbocycles. The Hall–Kier alpha value is -0.880. The number of benzene rings is 1. The van der Waals surface area contributed by atoms with Crippen LogP contribution < -0.4 is 10.6 Å². The monoisotopic (exact) mass is 365 g/mol. The summed E-state index contributed by atoms with van der Waals surface area (Å²) in [5.41, 5.74) is 1.59. The van der Waals surface area contributed by atoms with Crippen molar-refractivity contribution in [3.05, 3.63) is 35.1 Å². The third kappa shape index (κ3) is 7.48. The number of amides is 1.